The predicted octanol–water partition coefficient (Wildman–Crippen LogP) is 1.23. The zero-order valence-electron chi connectivity index (χ0n) is 10.1. The molecule has 0 spiro atoms. The number of aryl methyl sites for hydroxylation is 1. The van der Waals surface area contributed by atoms with Crippen LogP contribution in [0.1, 0.15) is 38.1 Å². The molecular weight excluding hydrogens is 202 g/mol. The highest BCUT2D eigenvalue weighted by Crippen LogP contribution is 2.44. The van der Waals surface area contributed by atoms with E-state index in [0.29, 0.717) is 12.6 Å². The molecule has 2 rings (SSSR count). The third-order valence-electron chi connectivity index (χ3n) is 3.59. The van der Waals surface area contributed by atoms with Gasteiger partial charge in [0, 0.05) is 38.0 Å². The van der Waals surface area contributed by atoms with Crippen LogP contribution >= 0.6 is 0 Å². The summed E-state index contributed by atoms with van der Waals surface area (Å²) in [7, 11) is 2.02. The van der Waals surface area contributed by atoms with E-state index in [4.69, 9.17) is 0 Å². The van der Waals surface area contributed by atoms with Gasteiger partial charge >= 0.3 is 0 Å². The number of aliphatic hydroxyl groups is 1. The Morgan fingerprint density at radius 2 is 2.38 bits per heavy atom. The summed E-state index contributed by atoms with van der Waals surface area (Å²) in [6.07, 6.45) is 7.12. The molecule has 0 aromatic carbocycles. The fourth-order valence-corrected chi connectivity index (χ4v) is 2.04. The summed E-state index contributed by atoms with van der Waals surface area (Å²) in [6, 6.07) is 0.295. The first-order valence-electron chi connectivity index (χ1n) is 6.02. The van der Waals surface area contributed by atoms with Gasteiger partial charge in [-0.3, -0.25) is 0 Å². The van der Waals surface area contributed by atoms with Crippen molar-refractivity contribution < 1.29 is 5.11 Å². The van der Waals surface area contributed by atoms with Gasteiger partial charge in [-0.1, -0.05) is 6.92 Å². The Morgan fingerprint density at radius 3 is 2.81 bits per heavy atom. The number of hydrogen-bond donors (Lipinski definition) is 2. The molecule has 16 heavy (non-hydrogen) atoms. The molecule has 0 radical (unpaired) electrons. The van der Waals surface area contributed by atoms with Crippen LogP contribution in [0.2, 0.25) is 0 Å². The van der Waals surface area contributed by atoms with E-state index in [-0.39, 0.29) is 5.41 Å². The van der Waals surface area contributed by atoms with Crippen LogP contribution in [0.5, 0.6) is 0 Å². The highest BCUT2D eigenvalue weighted by Gasteiger charge is 2.42. The largest absolute Gasteiger partial charge is 0.396 e. The maximum Gasteiger partial charge on any atom is 0.125 e. The van der Waals surface area contributed by atoms with Crippen LogP contribution in [0.15, 0.2) is 12.4 Å². The second-order valence-electron chi connectivity index (χ2n) is 4.90. The molecule has 4 heteroatoms. The van der Waals surface area contributed by atoms with Crippen LogP contribution < -0.4 is 5.32 Å². The average molecular weight is 223 g/mol. The minimum Gasteiger partial charge on any atom is -0.396 e. The summed E-state index contributed by atoms with van der Waals surface area (Å²) in [5.41, 5.74) is 0.165. The Morgan fingerprint density at radius 1 is 1.62 bits per heavy atom. The number of aromatic nitrogens is 2. The van der Waals surface area contributed by atoms with Gasteiger partial charge in [-0.2, -0.15) is 0 Å². The normalized spacial score (nSPS) is 19.7. The van der Waals surface area contributed by atoms with Crippen molar-refractivity contribution in [1.29, 1.82) is 0 Å². The lowest BCUT2D eigenvalue weighted by atomic mass is 10.1. The lowest BCUT2D eigenvalue weighted by molar-refractivity contribution is 0.202. The minimum atomic E-state index is 0.165. The first-order valence-corrected chi connectivity index (χ1v) is 6.02. The fraction of sp³-hybridized carbons (Fsp3) is 0.750. The lowest BCUT2D eigenvalue weighted by Gasteiger charge is -2.20. The van der Waals surface area contributed by atoms with Crippen molar-refractivity contribution in [1.82, 2.24) is 14.9 Å². The zero-order chi connectivity index (χ0) is 11.6. The molecule has 0 saturated heterocycles. The van der Waals surface area contributed by atoms with Crippen LogP contribution in [0.25, 0.3) is 0 Å². The van der Waals surface area contributed by atoms with Gasteiger partial charge in [0.2, 0.25) is 0 Å². The van der Waals surface area contributed by atoms with E-state index in [1.807, 2.05) is 19.4 Å². The van der Waals surface area contributed by atoms with Crippen LogP contribution in [0.3, 0.4) is 0 Å². The molecule has 1 atom stereocenters. The predicted molar refractivity (Wildman–Crippen MR) is 63.0 cm³/mol. The van der Waals surface area contributed by atoms with E-state index < -0.39 is 0 Å². The number of aliphatic hydroxyl groups excluding tert-OH is 1. The summed E-state index contributed by atoms with van der Waals surface area (Å²) in [6.45, 7) is 3.36. The van der Waals surface area contributed by atoms with Crippen molar-refractivity contribution in [3.05, 3.63) is 18.2 Å². The van der Waals surface area contributed by atoms with Gasteiger partial charge in [-0.05, 0) is 19.3 Å². The fourth-order valence-electron chi connectivity index (χ4n) is 2.04. The molecule has 1 aromatic heterocycles. The van der Waals surface area contributed by atoms with Crippen LogP contribution in [0.4, 0.5) is 0 Å². The summed E-state index contributed by atoms with van der Waals surface area (Å²) in [5, 5.41) is 12.8. The molecule has 0 amide bonds. The van der Waals surface area contributed by atoms with Gasteiger partial charge in [0.15, 0.2) is 0 Å². The molecular formula is C12H21N3O. The first kappa shape index (κ1) is 11.6. The lowest BCUT2D eigenvalue weighted by Crippen LogP contribution is -2.31. The second-order valence-corrected chi connectivity index (χ2v) is 4.90. The summed E-state index contributed by atoms with van der Waals surface area (Å²) < 4.78 is 2.06. The molecule has 2 N–H and O–H groups in total. The van der Waals surface area contributed by atoms with E-state index in [0.717, 1.165) is 31.6 Å². The van der Waals surface area contributed by atoms with Crippen molar-refractivity contribution in [2.75, 3.05) is 13.2 Å². The molecule has 4 nitrogen and oxygen atoms in total. The summed E-state index contributed by atoms with van der Waals surface area (Å²) in [5.74, 6) is 1.08. The van der Waals surface area contributed by atoms with Gasteiger partial charge in [0.05, 0.1) is 6.04 Å². The van der Waals surface area contributed by atoms with Crippen molar-refractivity contribution in [2.45, 2.75) is 32.2 Å². The number of hydrogen-bond acceptors (Lipinski definition) is 3. The molecule has 0 bridgehead atoms. The van der Waals surface area contributed by atoms with E-state index in [2.05, 4.69) is 21.8 Å². The van der Waals surface area contributed by atoms with Gasteiger partial charge in [0.25, 0.3) is 0 Å². The summed E-state index contributed by atoms with van der Waals surface area (Å²) >= 11 is 0. The quantitative estimate of drug-likeness (QED) is 0.762. The van der Waals surface area contributed by atoms with Crippen LogP contribution in [0, 0.1) is 5.41 Å². The van der Waals surface area contributed by atoms with E-state index >= 15 is 0 Å². The molecule has 1 aliphatic rings. The van der Waals surface area contributed by atoms with E-state index in [1.165, 1.54) is 0 Å². The second kappa shape index (κ2) is 4.55. The molecule has 1 unspecified atom stereocenters. The molecule has 1 aliphatic carbocycles. The number of nitrogens with zero attached hydrogens (tertiary/aromatic N) is 2. The molecule has 0 aliphatic heterocycles. The van der Waals surface area contributed by atoms with Crippen molar-refractivity contribution >= 4 is 0 Å². The van der Waals surface area contributed by atoms with Gasteiger partial charge in [-0.25, -0.2) is 4.98 Å². The Kier molecular flexibility index (Phi) is 3.30. The van der Waals surface area contributed by atoms with Crippen LogP contribution in [-0.4, -0.2) is 27.8 Å². The van der Waals surface area contributed by atoms with Gasteiger partial charge in [0.1, 0.15) is 5.82 Å². The van der Waals surface area contributed by atoms with Gasteiger partial charge in [-0.15, -0.1) is 0 Å². The Balaban J connectivity index is 1.94. The Hall–Kier alpha value is -0.870. The Bertz CT molecular complexity index is 344. The first-order chi connectivity index (χ1) is 7.71. The minimum absolute atomic E-state index is 0.165. The third-order valence-corrected chi connectivity index (χ3v) is 3.59. The standard InChI is InChI=1S/C12H21N3O/c1-3-10(11-13-6-7-15(11)2)14-8-12(9-16)4-5-12/h6-7,10,14,16H,3-5,8-9H2,1-2H3. The smallest absolute Gasteiger partial charge is 0.125 e. The number of imidazole rings is 1. The topological polar surface area (TPSA) is 50.1 Å². The monoisotopic (exact) mass is 223 g/mol. The van der Waals surface area contributed by atoms with E-state index in [1.54, 1.807) is 0 Å². The van der Waals surface area contributed by atoms with Crippen LogP contribution in [-0.2, 0) is 7.05 Å². The molecule has 1 heterocycles. The molecule has 1 fully saturated rings. The van der Waals surface area contributed by atoms with Crippen molar-refractivity contribution in [2.24, 2.45) is 12.5 Å². The molecule has 90 valence electrons. The maximum absolute atomic E-state index is 9.27. The SMILES string of the molecule is CCC(NCC1(CO)CC1)c1nccn1C. The highest BCUT2D eigenvalue weighted by molar-refractivity contribution is 5.01. The van der Waals surface area contributed by atoms with Crippen molar-refractivity contribution in [3.8, 4) is 0 Å². The maximum atomic E-state index is 9.27. The third kappa shape index (κ3) is 2.28. The Labute approximate surface area is 96.7 Å². The number of rotatable bonds is 6. The summed E-state index contributed by atoms with van der Waals surface area (Å²) in [4.78, 5) is 4.37. The number of nitrogens with one attached hydrogen (secondary N) is 1. The molecule has 1 saturated carbocycles. The van der Waals surface area contributed by atoms with Crippen molar-refractivity contribution in [3.63, 3.8) is 0 Å². The zero-order valence-corrected chi connectivity index (χ0v) is 10.1. The average Bonchev–Trinajstić information content (AvgIpc) is 2.97. The highest BCUT2D eigenvalue weighted by atomic mass is 16.3. The molecule has 1 aromatic rings. The van der Waals surface area contributed by atoms with Gasteiger partial charge < -0.3 is 15.0 Å². The van der Waals surface area contributed by atoms with E-state index in [9.17, 15) is 5.11 Å².